The van der Waals surface area contributed by atoms with Crippen molar-refractivity contribution in [2.45, 2.75) is 43.9 Å². The molecule has 0 atom stereocenters. The Hall–Kier alpha value is -1.22. The van der Waals surface area contributed by atoms with E-state index in [0.717, 1.165) is 18.6 Å². The Morgan fingerprint density at radius 2 is 1.84 bits per heavy atom. The zero-order chi connectivity index (χ0) is 13.9. The maximum Gasteiger partial charge on any atom is 0.330 e. The average Bonchev–Trinajstić information content (AvgIpc) is 2.42. The summed E-state index contributed by atoms with van der Waals surface area (Å²) in [6.45, 7) is 1.65. The van der Waals surface area contributed by atoms with Crippen molar-refractivity contribution in [2.75, 3.05) is 5.75 Å². The van der Waals surface area contributed by atoms with Crippen molar-refractivity contribution >= 4 is 17.7 Å². The molecule has 0 saturated carbocycles. The van der Waals surface area contributed by atoms with Gasteiger partial charge in [0.1, 0.15) is 0 Å². The quantitative estimate of drug-likeness (QED) is 0.402. The van der Waals surface area contributed by atoms with Crippen molar-refractivity contribution in [1.29, 1.82) is 0 Å². The monoisotopic (exact) mass is 278 g/mol. The van der Waals surface area contributed by atoms with Gasteiger partial charge in [-0.25, -0.2) is 4.79 Å². The van der Waals surface area contributed by atoms with Crippen LogP contribution in [0.2, 0.25) is 0 Å². The number of carboxylic acids is 1. The van der Waals surface area contributed by atoms with Crippen LogP contribution < -0.4 is 0 Å². The Morgan fingerprint density at radius 3 is 2.53 bits per heavy atom. The van der Waals surface area contributed by atoms with E-state index >= 15 is 0 Å². The molecule has 2 nitrogen and oxygen atoms in total. The first-order valence-electron chi connectivity index (χ1n) is 6.78. The summed E-state index contributed by atoms with van der Waals surface area (Å²) in [5, 5.41) is 8.69. The molecule has 1 aromatic carbocycles. The van der Waals surface area contributed by atoms with Crippen molar-refractivity contribution in [1.82, 2.24) is 0 Å². The van der Waals surface area contributed by atoms with Gasteiger partial charge in [0, 0.05) is 10.5 Å². The lowest BCUT2D eigenvalue weighted by Crippen LogP contribution is -1.95. The fourth-order valence-electron chi connectivity index (χ4n) is 1.71. The predicted molar refractivity (Wildman–Crippen MR) is 81.6 cm³/mol. The molecule has 0 spiro atoms. The second kappa shape index (κ2) is 9.68. The van der Waals surface area contributed by atoms with Gasteiger partial charge in [0.25, 0.3) is 0 Å². The van der Waals surface area contributed by atoms with E-state index in [1.54, 1.807) is 6.92 Å². The summed E-state index contributed by atoms with van der Waals surface area (Å²) in [4.78, 5) is 11.9. The lowest BCUT2D eigenvalue weighted by atomic mass is 10.1. The van der Waals surface area contributed by atoms with Crippen molar-refractivity contribution < 1.29 is 9.90 Å². The van der Waals surface area contributed by atoms with Crippen LogP contribution in [-0.2, 0) is 4.79 Å². The van der Waals surface area contributed by atoms with Gasteiger partial charge >= 0.3 is 5.97 Å². The molecule has 0 aliphatic rings. The molecule has 0 radical (unpaired) electrons. The molecule has 104 valence electrons. The molecule has 0 fully saturated rings. The SMILES string of the molecule is CC(=CCCCCCCSc1ccccc1)C(=O)O. The number of rotatable bonds is 9. The topological polar surface area (TPSA) is 37.3 Å². The second-order valence-corrected chi connectivity index (χ2v) is 5.73. The molecule has 0 saturated heterocycles. The highest BCUT2D eigenvalue weighted by Gasteiger charge is 1.98. The van der Waals surface area contributed by atoms with E-state index in [1.807, 2.05) is 23.9 Å². The van der Waals surface area contributed by atoms with E-state index in [1.165, 1.54) is 24.2 Å². The average molecular weight is 278 g/mol. The summed E-state index contributed by atoms with van der Waals surface area (Å²) in [6, 6.07) is 10.5. The molecule has 0 bridgehead atoms. The molecule has 0 unspecified atom stereocenters. The van der Waals surface area contributed by atoms with Gasteiger partial charge in [-0.3, -0.25) is 0 Å². The fourth-order valence-corrected chi connectivity index (χ4v) is 2.65. The van der Waals surface area contributed by atoms with Crippen LogP contribution in [0.4, 0.5) is 0 Å². The zero-order valence-corrected chi connectivity index (χ0v) is 12.3. The third-order valence-electron chi connectivity index (χ3n) is 2.90. The first-order valence-corrected chi connectivity index (χ1v) is 7.76. The second-order valence-electron chi connectivity index (χ2n) is 4.56. The van der Waals surface area contributed by atoms with Crippen LogP contribution in [0.1, 0.15) is 39.0 Å². The third-order valence-corrected chi connectivity index (χ3v) is 4.00. The highest BCUT2D eigenvalue weighted by molar-refractivity contribution is 7.99. The summed E-state index contributed by atoms with van der Waals surface area (Å²) >= 11 is 1.90. The number of carboxylic acid groups (broad SMARTS) is 1. The number of thioether (sulfide) groups is 1. The minimum atomic E-state index is -0.806. The molecule has 0 aliphatic heterocycles. The van der Waals surface area contributed by atoms with E-state index < -0.39 is 5.97 Å². The number of aliphatic carboxylic acids is 1. The summed E-state index contributed by atoms with van der Waals surface area (Å²) in [7, 11) is 0. The maximum atomic E-state index is 10.6. The molecular formula is C16H22O2S. The van der Waals surface area contributed by atoms with Gasteiger partial charge < -0.3 is 5.11 Å². The summed E-state index contributed by atoms with van der Waals surface area (Å²) in [5.41, 5.74) is 0.458. The first kappa shape index (κ1) is 15.8. The van der Waals surface area contributed by atoms with E-state index in [9.17, 15) is 4.79 Å². The first-order chi connectivity index (χ1) is 9.20. The Balaban J connectivity index is 1.97. The van der Waals surface area contributed by atoms with Crippen LogP contribution in [0.15, 0.2) is 46.9 Å². The van der Waals surface area contributed by atoms with Gasteiger partial charge in [-0.15, -0.1) is 11.8 Å². The summed E-state index contributed by atoms with van der Waals surface area (Å²) in [6.07, 6.45) is 7.41. The Morgan fingerprint density at radius 1 is 1.16 bits per heavy atom. The molecule has 1 rings (SSSR count). The molecule has 19 heavy (non-hydrogen) atoms. The Labute approximate surface area is 119 Å². The summed E-state index contributed by atoms with van der Waals surface area (Å²) in [5.74, 6) is 0.354. The molecule has 0 aromatic heterocycles. The van der Waals surface area contributed by atoms with E-state index in [0.29, 0.717) is 5.57 Å². The van der Waals surface area contributed by atoms with Crippen LogP contribution in [0.25, 0.3) is 0 Å². The zero-order valence-electron chi connectivity index (χ0n) is 11.5. The van der Waals surface area contributed by atoms with Gasteiger partial charge in [0.05, 0.1) is 0 Å². The van der Waals surface area contributed by atoms with Gasteiger partial charge in [0.2, 0.25) is 0 Å². The number of unbranched alkanes of at least 4 members (excludes halogenated alkanes) is 4. The summed E-state index contributed by atoms with van der Waals surface area (Å²) < 4.78 is 0. The highest BCUT2D eigenvalue weighted by atomic mass is 32.2. The number of allylic oxidation sites excluding steroid dienone is 1. The molecule has 0 aliphatic carbocycles. The lowest BCUT2D eigenvalue weighted by molar-refractivity contribution is -0.132. The van der Waals surface area contributed by atoms with Gasteiger partial charge in [-0.05, 0) is 44.1 Å². The van der Waals surface area contributed by atoms with Crippen molar-refractivity contribution in [3.8, 4) is 0 Å². The van der Waals surface area contributed by atoms with Gasteiger partial charge in [0.15, 0.2) is 0 Å². The predicted octanol–water partition coefficient (Wildman–Crippen LogP) is 4.76. The van der Waals surface area contributed by atoms with Crippen molar-refractivity contribution in [2.24, 2.45) is 0 Å². The normalized spacial score (nSPS) is 11.5. The van der Waals surface area contributed by atoms with Crippen molar-refractivity contribution in [3.05, 3.63) is 42.0 Å². The van der Waals surface area contributed by atoms with Crippen LogP contribution in [0.5, 0.6) is 0 Å². The highest BCUT2D eigenvalue weighted by Crippen LogP contribution is 2.19. The van der Waals surface area contributed by atoms with Crippen LogP contribution in [0.3, 0.4) is 0 Å². The third kappa shape index (κ3) is 7.73. The van der Waals surface area contributed by atoms with Crippen LogP contribution >= 0.6 is 11.8 Å². The minimum absolute atomic E-state index is 0.458. The van der Waals surface area contributed by atoms with Crippen molar-refractivity contribution in [3.63, 3.8) is 0 Å². The Kier molecular flexibility index (Phi) is 8.07. The maximum absolute atomic E-state index is 10.6. The molecule has 3 heteroatoms. The van der Waals surface area contributed by atoms with E-state index in [-0.39, 0.29) is 0 Å². The molecule has 0 heterocycles. The van der Waals surface area contributed by atoms with Gasteiger partial charge in [-0.1, -0.05) is 37.1 Å². The Bertz CT molecular complexity index is 398. The lowest BCUT2D eigenvalue weighted by Gasteiger charge is -2.01. The van der Waals surface area contributed by atoms with E-state index in [2.05, 4.69) is 24.3 Å². The number of benzene rings is 1. The molecule has 1 aromatic rings. The largest absolute Gasteiger partial charge is 0.478 e. The van der Waals surface area contributed by atoms with Crippen LogP contribution in [-0.4, -0.2) is 16.8 Å². The standard InChI is InChI=1S/C16H22O2S/c1-14(16(17)18)10-6-3-2-4-9-13-19-15-11-7-5-8-12-15/h5,7-8,10-12H,2-4,6,9,13H2,1H3,(H,17,18). The number of hydrogen-bond acceptors (Lipinski definition) is 2. The number of carbonyl (C=O) groups is 1. The number of hydrogen-bond donors (Lipinski definition) is 1. The fraction of sp³-hybridized carbons (Fsp3) is 0.438. The van der Waals surface area contributed by atoms with Crippen LogP contribution in [0, 0.1) is 0 Å². The molecule has 0 amide bonds. The van der Waals surface area contributed by atoms with Gasteiger partial charge in [-0.2, -0.15) is 0 Å². The van der Waals surface area contributed by atoms with E-state index in [4.69, 9.17) is 5.11 Å². The molecular weight excluding hydrogens is 256 g/mol. The smallest absolute Gasteiger partial charge is 0.330 e. The minimum Gasteiger partial charge on any atom is -0.478 e. The molecule has 1 N–H and O–H groups in total.